The van der Waals surface area contributed by atoms with Gasteiger partial charge in [-0.1, -0.05) is 48.0 Å². The molecule has 2 aliphatic rings. The minimum Gasteiger partial charge on any atom is -0.347 e. The Morgan fingerprint density at radius 1 is 1.03 bits per heavy atom. The highest BCUT2D eigenvalue weighted by atomic mass is 19.3. The number of nitrogens with zero attached hydrogens (tertiary/aromatic N) is 1. The predicted octanol–water partition coefficient (Wildman–Crippen LogP) is 7.26. The standard InChI is InChI=1S/C31H38F2N2O/c1-22-5-4-6-25(17-22)28(19-26(36)18-23-11-15-34-16-12-23)29-21-35(30-8-3-2-7-27(29)30)20-24-9-13-31(32,33)14-10-24/h2-8,17,21,23-24,28,34H,9-16,18-20H2,1H3. The molecule has 1 saturated heterocycles. The molecule has 192 valence electrons. The zero-order valence-electron chi connectivity index (χ0n) is 21.3. The van der Waals surface area contributed by atoms with E-state index in [2.05, 4.69) is 65.5 Å². The number of alkyl halides is 2. The zero-order valence-corrected chi connectivity index (χ0v) is 21.3. The Morgan fingerprint density at radius 2 is 1.78 bits per heavy atom. The molecule has 2 heterocycles. The van der Waals surface area contributed by atoms with Crippen LogP contribution in [0.5, 0.6) is 0 Å². The first-order chi connectivity index (χ1) is 17.4. The fourth-order valence-corrected chi connectivity index (χ4v) is 6.28. The van der Waals surface area contributed by atoms with E-state index in [-0.39, 0.29) is 24.7 Å². The van der Waals surface area contributed by atoms with Crippen molar-refractivity contribution in [1.82, 2.24) is 9.88 Å². The third-order valence-electron chi connectivity index (χ3n) is 8.34. The highest BCUT2D eigenvalue weighted by Crippen LogP contribution is 2.39. The molecule has 0 bridgehead atoms. The van der Waals surface area contributed by atoms with Crippen molar-refractivity contribution in [1.29, 1.82) is 0 Å². The van der Waals surface area contributed by atoms with Crippen LogP contribution in [-0.4, -0.2) is 29.4 Å². The molecule has 1 aliphatic carbocycles. The van der Waals surface area contributed by atoms with Gasteiger partial charge in [0.15, 0.2) is 0 Å². The van der Waals surface area contributed by atoms with Crippen molar-refractivity contribution in [2.75, 3.05) is 13.1 Å². The van der Waals surface area contributed by atoms with E-state index in [0.29, 0.717) is 37.4 Å². The second kappa shape index (κ2) is 10.8. The lowest BCUT2D eigenvalue weighted by Gasteiger charge is -2.28. The lowest BCUT2D eigenvalue weighted by molar-refractivity contribution is -0.120. The van der Waals surface area contributed by atoms with Crippen LogP contribution in [0.4, 0.5) is 8.78 Å². The number of hydrogen-bond acceptors (Lipinski definition) is 2. The molecule has 36 heavy (non-hydrogen) atoms. The van der Waals surface area contributed by atoms with Crippen LogP contribution >= 0.6 is 0 Å². The SMILES string of the molecule is Cc1cccc(C(CC(=O)CC2CCNCC2)c2cn(CC3CCC(F)(F)CC3)c3ccccc23)c1. The van der Waals surface area contributed by atoms with E-state index in [9.17, 15) is 13.6 Å². The number of hydrogen-bond donors (Lipinski definition) is 1. The lowest BCUT2D eigenvalue weighted by atomic mass is 9.83. The van der Waals surface area contributed by atoms with Gasteiger partial charge in [0.05, 0.1) is 0 Å². The number of aryl methyl sites for hydroxylation is 1. The topological polar surface area (TPSA) is 34.0 Å². The van der Waals surface area contributed by atoms with Crippen molar-refractivity contribution < 1.29 is 13.6 Å². The number of carbonyl (C=O) groups excluding carboxylic acids is 1. The van der Waals surface area contributed by atoms with E-state index in [0.717, 1.165) is 38.0 Å². The summed E-state index contributed by atoms with van der Waals surface area (Å²) >= 11 is 0. The number of ketones is 1. The monoisotopic (exact) mass is 492 g/mol. The predicted molar refractivity (Wildman–Crippen MR) is 142 cm³/mol. The molecule has 0 radical (unpaired) electrons. The highest BCUT2D eigenvalue weighted by molar-refractivity contribution is 5.87. The van der Waals surface area contributed by atoms with Gasteiger partial charge in [0, 0.05) is 55.2 Å². The molecule has 3 nitrogen and oxygen atoms in total. The van der Waals surface area contributed by atoms with E-state index in [1.54, 1.807) is 0 Å². The number of carbonyl (C=O) groups is 1. The van der Waals surface area contributed by atoms with Crippen LogP contribution in [0, 0.1) is 18.8 Å². The maximum atomic E-state index is 13.7. The molecule has 1 N–H and O–H groups in total. The molecule has 3 aromatic rings. The van der Waals surface area contributed by atoms with Gasteiger partial charge in [-0.15, -0.1) is 0 Å². The van der Waals surface area contributed by atoms with E-state index in [1.165, 1.54) is 22.1 Å². The summed E-state index contributed by atoms with van der Waals surface area (Å²) < 4.78 is 29.8. The second-order valence-electron chi connectivity index (χ2n) is 11.2. The van der Waals surface area contributed by atoms with Crippen molar-refractivity contribution >= 4 is 16.7 Å². The fourth-order valence-electron chi connectivity index (χ4n) is 6.28. The molecule has 5 rings (SSSR count). The molecule has 0 amide bonds. The van der Waals surface area contributed by atoms with Gasteiger partial charge in [0.1, 0.15) is 5.78 Å². The summed E-state index contributed by atoms with van der Waals surface area (Å²) in [6.45, 7) is 4.85. The maximum absolute atomic E-state index is 13.7. The first kappa shape index (κ1) is 25.1. The van der Waals surface area contributed by atoms with Gasteiger partial charge in [-0.25, -0.2) is 8.78 Å². The fraction of sp³-hybridized carbons (Fsp3) is 0.516. The van der Waals surface area contributed by atoms with Gasteiger partial charge in [0.25, 0.3) is 0 Å². The van der Waals surface area contributed by atoms with Gasteiger partial charge in [-0.2, -0.15) is 0 Å². The summed E-state index contributed by atoms with van der Waals surface area (Å²) in [7, 11) is 0. The van der Waals surface area contributed by atoms with E-state index >= 15 is 0 Å². The quantitative estimate of drug-likeness (QED) is 0.359. The summed E-state index contributed by atoms with van der Waals surface area (Å²) in [6.07, 6.45) is 6.59. The second-order valence-corrected chi connectivity index (χ2v) is 11.2. The number of piperidine rings is 1. The summed E-state index contributed by atoms with van der Waals surface area (Å²) in [5, 5.41) is 4.56. The highest BCUT2D eigenvalue weighted by Gasteiger charge is 2.35. The first-order valence-corrected chi connectivity index (χ1v) is 13.6. The molecule has 1 aliphatic heterocycles. The van der Waals surface area contributed by atoms with Crippen molar-refractivity contribution in [3.8, 4) is 0 Å². The van der Waals surface area contributed by atoms with Gasteiger partial charge in [-0.3, -0.25) is 4.79 Å². The summed E-state index contributed by atoms with van der Waals surface area (Å²) in [5.74, 6) is -1.46. The van der Waals surface area contributed by atoms with Gasteiger partial charge in [-0.05, 0) is 74.7 Å². The normalized spacial score (nSPS) is 20.0. The third-order valence-corrected chi connectivity index (χ3v) is 8.34. The van der Waals surface area contributed by atoms with E-state index in [1.807, 2.05) is 6.07 Å². The Kier molecular flexibility index (Phi) is 7.57. The number of benzene rings is 2. The molecule has 2 aromatic carbocycles. The number of rotatable bonds is 8. The number of Topliss-reactive ketones (excluding diaryl/α,β-unsaturated/α-hetero) is 1. The smallest absolute Gasteiger partial charge is 0.248 e. The molecule has 1 aromatic heterocycles. The molecule has 5 heteroatoms. The van der Waals surface area contributed by atoms with Crippen LogP contribution in [-0.2, 0) is 11.3 Å². The number of fused-ring (bicyclic) bond motifs is 1. The van der Waals surface area contributed by atoms with E-state index < -0.39 is 5.92 Å². The largest absolute Gasteiger partial charge is 0.347 e. The molecular formula is C31H38F2N2O. The Balaban J connectivity index is 1.45. The average molecular weight is 493 g/mol. The average Bonchev–Trinajstić information content (AvgIpc) is 3.22. The Labute approximate surface area is 213 Å². The number of nitrogens with one attached hydrogen (secondary N) is 1. The summed E-state index contributed by atoms with van der Waals surface area (Å²) in [4.78, 5) is 13.4. The molecule has 1 unspecified atom stereocenters. The number of halogens is 2. The van der Waals surface area contributed by atoms with Gasteiger partial charge < -0.3 is 9.88 Å². The summed E-state index contributed by atoms with van der Waals surface area (Å²) in [5.41, 5.74) is 4.67. The van der Waals surface area contributed by atoms with Crippen LogP contribution in [0.3, 0.4) is 0 Å². The van der Waals surface area contributed by atoms with Crippen LogP contribution in [0.25, 0.3) is 10.9 Å². The van der Waals surface area contributed by atoms with Crippen LogP contribution < -0.4 is 5.32 Å². The lowest BCUT2D eigenvalue weighted by Crippen LogP contribution is -2.29. The number of para-hydroxylation sites is 1. The molecule has 0 spiro atoms. The molecular weight excluding hydrogens is 454 g/mol. The van der Waals surface area contributed by atoms with Gasteiger partial charge >= 0.3 is 0 Å². The summed E-state index contributed by atoms with van der Waals surface area (Å²) in [6, 6.07) is 16.9. The minimum absolute atomic E-state index is 0.0130. The molecule has 1 saturated carbocycles. The first-order valence-electron chi connectivity index (χ1n) is 13.6. The maximum Gasteiger partial charge on any atom is 0.248 e. The van der Waals surface area contributed by atoms with Crippen LogP contribution in [0.1, 0.15) is 74.0 Å². The van der Waals surface area contributed by atoms with Crippen molar-refractivity contribution in [3.63, 3.8) is 0 Å². The van der Waals surface area contributed by atoms with Crippen molar-refractivity contribution in [3.05, 3.63) is 71.4 Å². The van der Waals surface area contributed by atoms with Gasteiger partial charge in [0.2, 0.25) is 5.92 Å². The number of aromatic nitrogens is 1. The minimum atomic E-state index is -2.51. The van der Waals surface area contributed by atoms with Crippen LogP contribution in [0.2, 0.25) is 0 Å². The van der Waals surface area contributed by atoms with Crippen LogP contribution in [0.15, 0.2) is 54.7 Å². The molecule has 1 atom stereocenters. The van der Waals surface area contributed by atoms with Crippen molar-refractivity contribution in [2.45, 2.75) is 76.7 Å². The van der Waals surface area contributed by atoms with E-state index in [4.69, 9.17) is 0 Å². The molecule has 2 fully saturated rings. The van der Waals surface area contributed by atoms with Crippen molar-refractivity contribution in [2.24, 2.45) is 11.8 Å². The Hall–Kier alpha value is -2.53. The third kappa shape index (κ3) is 5.88. The Morgan fingerprint density at radius 3 is 2.53 bits per heavy atom. The Bertz CT molecular complexity index is 1180. The zero-order chi connectivity index (χ0) is 25.1.